The first-order valence-corrected chi connectivity index (χ1v) is 3.79. The molecule has 12 heavy (non-hydrogen) atoms. The molecule has 1 heterocycles. The summed E-state index contributed by atoms with van der Waals surface area (Å²) >= 11 is 0. The third kappa shape index (κ3) is 2.34. The van der Waals surface area contributed by atoms with E-state index in [1.807, 2.05) is 12.1 Å². The zero-order chi connectivity index (χ0) is 8.97. The number of carbonyl (C=O) groups excluding carboxylic acids is 1. The fraction of sp³-hybridized carbons (Fsp3) is 0.333. The molecular formula is C9H12N2O. The molecule has 1 aromatic heterocycles. The zero-order valence-electron chi connectivity index (χ0n) is 7.32. The molecular weight excluding hydrogens is 152 g/mol. The SMILES string of the molecule is CN(C)C(=O)Cc1cccnc1. The van der Waals surface area contributed by atoms with Crippen LogP contribution in [0.25, 0.3) is 0 Å². The molecule has 0 aliphatic heterocycles. The Hall–Kier alpha value is -1.38. The highest BCUT2D eigenvalue weighted by Crippen LogP contribution is 1.98. The lowest BCUT2D eigenvalue weighted by atomic mass is 10.2. The van der Waals surface area contributed by atoms with Crippen LogP contribution in [0.2, 0.25) is 0 Å². The highest BCUT2D eigenvalue weighted by Gasteiger charge is 2.04. The summed E-state index contributed by atoms with van der Waals surface area (Å²) in [7, 11) is 3.50. The molecule has 1 rings (SSSR count). The van der Waals surface area contributed by atoms with E-state index in [0.29, 0.717) is 6.42 Å². The Morgan fingerprint density at radius 1 is 1.58 bits per heavy atom. The first-order valence-electron chi connectivity index (χ1n) is 3.79. The van der Waals surface area contributed by atoms with Crippen LogP contribution in [0.3, 0.4) is 0 Å². The first kappa shape index (κ1) is 8.71. The summed E-state index contributed by atoms with van der Waals surface area (Å²) in [5, 5.41) is 0. The zero-order valence-corrected chi connectivity index (χ0v) is 7.32. The number of carbonyl (C=O) groups is 1. The van der Waals surface area contributed by atoms with Gasteiger partial charge in [0.2, 0.25) is 5.91 Å². The van der Waals surface area contributed by atoms with Crippen LogP contribution < -0.4 is 0 Å². The number of likely N-dealkylation sites (N-methyl/N-ethyl adjacent to an activating group) is 1. The largest absolute Gasteiger partial charge is 0.349 e. The van der Waals surface area contributed by atoms with Gasteiger partial charge < -0.3 is 4.90 Å². The third-order valence-electron chi connectivity index (χ3n) is 1.58. The summed E-state index contributed by atoms with van der Waals surface area (Å²) in [6.07, 6.45) is 3.84. The maximum absolute atomic E-state index is 11.2. The average Bonchev–Trinajstić information content (AvgIpc) is 2.06. The Morgan fingerprint density at radius 2 is 2.33 bits per heavy atom. The molecule has 0 saturated carbocycles. The minimum atomic E-state index is 0.100. The summed E-state index contributed by atoms with van der Waals surface area (Å²) < 4.78 is 0. The van der Waals surface area contributed by atoms with Gasteiger partial charge >= 0.3 is 0 Å². The number of hydrogen-bond donors (Lipinski definition) is 0. The third-order valence-corrected chi connectivity index (χ3v) is 1.58. The molecule has 1 aromatic rings. The molecule has 64 valence electrons. The van der Waals surface area contributed by atoms with Crippen molar-refractivity contribution in [3.63, 3.8) is 0 Å². The predicted molar refractivity (Wildman–Crippen MR) is 46.6 cm³/mol. The van der Waals surface area contributed by atoms with Crippen molar-refractivity contribution in [3.05, 3.63) is 30.1 Å². The van der Waals surface area contributed by atoms with E-state index in [-0.39, 0.29) is 5.91 Å². The first-order chi connectivity index (χ1) is 5.70. The van der Waals surface area contributed by atoms with E-state index >= 15 is 0 Å². The molecule has 0 aromatic carbocycles. The Balaban J connectivity index is 2.59. The Morgan fingerprint density at radius 3 is 2.83 bits per heavy atom. The quantitative estimate of drug-likeness (QED) is 0.645. The Labute approximate surface area is 72.0 Å². The van der Waals surface area contributed by atoms with Gasteiger partial charge in [0.05, 0.1) is 6.42 Å². The molecule has 0 fully saturated rings. The van der Waals surface area contributed by atoms with Gasteiger partial charge in [-0.25, -0.2) is 0 Å². The molecule has 0 saturated heterocycles. The average molecular weight is 164 g/mol. The van der Waals surface area contributed by atoms with E-state index < -0.39 is 0 Å². The summed E-state index contributed by atoms with van der Waals surface area (Å²) in [5.41, 5.74) is 0.955. The summed E-state index contributed by atoms with van der Waals surface area (Å²) in [6.45, 7) is 0. The molecule has 0 aliphatic rings. The van der Waals surface area contributed by atoms with Crippen LogP contribution in [0.5, 0.6) is 0 Å². The smallest absolute Gasteiger partial charge is 0.226 e. The number of nitrogens with zero attached hydrogens (tertiary/aromatic N) is 2. The van der Waals surface area contributed by atoms with Crippen LogP contribution in [0, 0.1) is 0 Å². The Kier molecular flexibility index (Phi) is 2.80. The van der Waals surface area contributed by atoms with Crippen molar-refractivity contribution < 1.29 is 4.79 Å². The van der Waals surface area contributed by atoms with E-state index in [2.05, 4.69) is 4.98 Å². The lowest BCUT2D eigenvalue weighted by Gasteiger charge is -2.09. The molecule has 0 aliphatic carbocycles. The predicted octanol–water partition coefficient (Wildman–Crippen LogP) is 0.712. The van der Waals surface area contributed by atoms with Crippen LogP contribution in [0.4, 0.5) is 0 Å². The number of amides is 1. The van der Waals surface area contributed by atoms with Gasteiger partial charge in [-0.3, -0.25) is 9.78 Å². The van der Waals surface area contributed by atoms with Gasteiger partial charge in [-0.2, -0.15) is 0 Å². The molecule has 0 bridgehead atoms. The molecule has 0 N–H and O–H groups in total. The van der Waals surface area contributed by atoms with Gasteiger partial charge in [-0.15, -0.1) is 0 Å². The fourth-order valence-electron chi connectivity index (χ4n) is 0.835. The maximum Gasteiger partial charge on any atom is 0.226 e. The molecule has 1 amide bonds. The number of rotatable bonds is 2. The maximum atomic E-state index is 11.2. The van der Waals surface area contributed by atoms with E-state index in [4.69, 9.17) is 0 Å². The van der Waals surface area contributed by atoms with Crippen molar-refractivity contribution in [1.29, 1.82) is 0 Å². The van der Waals surface area contributed by atoms with Crippen molar-refractivity contribution in [2.45, 2.75) is 6.42 Å². The number of aromatic nitrogens is 1. The van der Waals surface area contributed by atoms with Crippen molar-refractivity contribution in [2.75, 3.05) is 14.1 Å². The molecule has 0 unspecified atom stereocenters. The van der Waals surface area contributed by atoms with Crippen molar-refractivity contribution in [1.82, 2.24) is 9.88 Å². The summed E-state index contributed by atoms with van der Waals surface area (Å²) in [5.74, 6) is 0.100. The van der Waals surface area contributed by atoms with Gasteiger partial charge in [-0.05, 0) is 11.6 Å². The molecule has 0 radical (unpaired) electrons. The van der Waals surface area contributed by atoms with Gasteiger partial charge in [0.15, 0.2) is 0 Å². The lowest BCUT2D eigenvalue weighted by Crippen LogP contribution is -2.23. The topological polar surface area (TPSA) is 33.2 Å². The van der Waals surface area contributed by atoms with Gasteiger partial charge in [0.1, 0.15) is 0 Å². The van der Waals surface area contributed by atoms with E-state index in [1.165, 1.54) is 0 Å². The van der Waals surface area contributed by atoms with Crippen LogP contribution >= 0.6 is 0 Å². The second-order valence-electron chi connectivity index (χ2n) is 2.83. The second-order valence-corrected chi connectivity index (χ2v) is 2.83. The minimum absolute atomic E-state index is 0.100. The van der Waals surface area contributed by atoms with Crippen LogP contribution in [0.15, 0.2) is 24.5 Å². The standard InChI is InChI=1S/C9H12N2O/c1-11(2)9(12)6-8-4-3-5-10-7-8/h3-5,7H,6H2,1-2H3. The molecule has 3 heteroatoms. The Bertz CT molecular complexity index is 256. The summed E-state index contributed by atoms with van der Waals surface area (Å²) in [6, 6.07) is 3.73. The van der Waals surface area contributed by atoms with Gasteiger partial charge in [0.25, 0.3) is 0 Å². The number of hydrogen-bond acceptors (Lipinski definition) is 2. The van der Waals surface area contributed by atoms with Gasteiger partial charge in [0, 0.05) is 26.5 Å². The van der Waals surface area contributed by atoms with E-state index in [9.17, 15) is 4.79 Å². The van der Waals surface area contributed by atoms with E-state index in [1.54, 1.807) is 31.4 Å². The summed E-state index contributed by atoms with van der Waals surface area (Å²) in [4.78, 5) is 16.7. The fourth-order valence-corrected chi connectivity index (χ4v) is 0.835. The lowest BCUT2D eigenvalue weighted by molar-refractivity contribution is -0.127. The van der Waals surface area contributed by atoms with Crippen LogP contribution in [-0.4, -0.2) is 29.9 Å². The van der Waals surface area contributed by atoms with E-state index in [0.717, 1.165) is 5.56 Å². The highest BCUT2D eigenvalue weighted by molar-refractivity contribution is 5.78. The van der Waals surface area contributed by atoms with Crippen molar-refractivity contribution in [2.24, 2.45) is 0 Å². The van der Waals surface area contributed by atoms with Crippen molar-refractivity contribution in [3.8, 4) is 0 Å². The normalized spacial score (nSPS) is 9.50. The molecule has 3 nitrogen and oxygen atoms in total. The van der Waals surface area contributed by atoms with Gasteiger partial charge in [-0.1, -0.05) is 6.07 Å². The molecule has 0 spiro atoms. The highest BCUT2D eigenvalue weighted by atomic mass is 16.2. The van der Waals surface area contributed by atoms with Crippen LogP contribution in [0.1, 0.15) is 5.56 Å². The number of pyridine rings is 1. The minimum Gasteiger partial charge on any atom is -0.349 e. The second kappa shape index (κ2) is 3.85. The van der Waals surface area contributed by atoms with Crippen LogP contribution in [-0.2, 0) is 11.2 Å². The molecule has 0 atom stereocenters. The monoisotopic (exact) mass is 164 g/mol. The van der Waals surface area contributed by atoms with Crippen molar-refractivity contribution >= 4 is 5.91 Å².